The highest BCUT2D eigenvalue weighted by molar-refractivity contribution is 6.32. The van der Waals surface area contributed by atoms with E-state index in [1.807, 2.05) is 48.6 Å². The van der Waals surface area contributed by atoms with Crippen LogP contribution in [0.4, 0.5) is 5.82 Å². The van der Waals surface area contributed by atoms with Crippen LogP contribution in [0.15, 0.2) is 53.5 Å². The van der Waals surface area contributed by atoms with Gasteiger partial charge in [0.1, 0.15) is 5.75 Å². The molecule has 1 N–H and O–H groups in total. The summed E-state index contributed by atoms with van der Waals surface area (Å²) in [5.74, 6) is -0.134. The zero-order valence-electron chi connectivity index (χ0n) is 19.2. The number of hydrogen-bond donors (Lipinski definition) is 1. The number of guanidine groups is 1. The number of imidazole rings is 1. The van der Waals surface area contributed by atoms with E-state index in [9.17, 15) is 14.7 Å². The second kappa shape index (κ2) is 9.07. The second-order valence-corrected chi connectivity index (χ2v) is 8.61. The minimum absolute atomic E-state index is 0.00263. The molecule has 0 aliphatic carbocycles. The van der Waals surface area contributed by atoms with Gasteiger partial charge in [-0.3, -0.25) is 14.6 Å². The topological polar surface area (TPSA) is 100 Å². The summed E-state index contributed by atoms with van der Waals surface area (Å²) in [6.07, 6.45) is 2.04. The van der Waals surface area contributed by atoms with Gasteiger partial charge in [0.05, 0.1) is 31.3 Å². The Morgan fingerprint density at radius 3 is 2.71 bits per heavy atom. The van der Waals surface area contributed by atoms with Crippen LogP contribution in [0.1, 0.15) is 39.2 Å². The summed E-state index contributed by atoms with van der Waals surface area (Å²) in [4.78, 5) is 39.1. The van der Waals surface area contributed by atoms with Gasteiger partial charge in [-0.1, -0.05) is 48.0 Å². The number of ether oxygens (including phenoxy) is 1. The molecule has 2 aliphatic heterocycles. The first-order chi connectivity index (χ1) is 16.9. The summed E-state index contributed by atoms with van der Waals surface area (Å²) in [5.41, 5.74) is 1.99. The summed E-state index contributed by atoms with van der Waals surface area (Å²) in [5, 5.41) is 9.95. The van der Waals surface area contributed by atoms with E-state index < -0.39 is 5.97 Å². The molecule has 1 amide bonds. The van der Waals surface area contributed by atoms with E-state index in [2.05, 4.69) is 4.98 Å². The molecule has 179 valence electrons. The Balaban J connectivity index is 1.57. The van der Waals surface area contributed by atoms with Gasteiger partial charge in [0.25, 0.3) is 5.91 Å². The SMILES string of the molecule is CCN1C(=O)c2c(nc(C(=O)OC)n2Cc2ccc(O)c(Cl)c2)N2C[C@@H]([CH]c3ccccc3)N=C12. The first-order valence-electron chi connectivity index (χ1n) is 11.1. The lowest BCUT2D eigenvalue weighted by atomic mass is 10.1. The molecule has 0 fully saturated rings. The lowest BCUT2D eigenvalue weighted by Gasteiger charge is -2.33. The maximum absolute atomic E-state index is 13.6. The average molecular weight is 493 g/mol. The number of carbonyl (C=O) groups is 2. The quantitative estimate of drug-likeness (QED) is 0.530. The Labute approximate surface area is 207 Å². The molecule has 1 radical (unpaired) electrons. The van der Waals surface area contributed by atoms with E-state index >= 15 is 0 Å². The molecule has 0 saturated heterocycles. The number of anilines is 1. The van der Waals surface area contributed by atoms with Crippen LogP contribution in [0.25, 0.3) is 0 Å². The van der Waals surface area contributed by atoms with Crippen molar-refractivity contribution in [3.63, 3.8) is 0 Å². The standard InChI is InChI=1S/C25H23ClN5O4/c1-3-29-23(33)20-21(31-14-17(27-25(29)31)11-15-7-5-4-6-8-15)28-22(24(34)35-2)30(20)13-16-9-10-19(32)18(26)12-16/h4-12,17,32H,3,13-14H2,1-2H3/t17-/m1/s1. The molecule has 35 heavy (non-hydrogen) atoms. The second-order valence-electron chi connectivity index (χ2n) is 8.20. The number of aliphatic imine (C=N–C) groups is 1. The fraction of sp³-hybridized carbons (Fsp3) is 0.240. The minimum Gasteiger partial charge on any atom is -0.506 e. The van der Waals surface area contributed by atoms with Crippen molar-refractivity contribution in [2.75, 3.05) is 25.1 Å². The van der Waals surface area contributed by atoms with Crippen LogP contribution in [-0.2, 0) is 11.3 Å². The van der Waals surface area contributed by atoms with Crippen LogP contribution in [0.3, 0.4) is 0 Å². The number of fused-ring (bicyclic) bond motifs is 3. The van der Waals surface area contributed by atoms with Gasteiger partial charge in [-0.15, -0.1) is 0 Å². The molecule has 10 heteroatoms. The van der Waals surface area contributed by atoms with E-state index in [4.69, 9.17) is 21.3 Å². The Morgan fingerprint density at radius 1 is 1.26 bits per heavy atom. The highest BCUT2D eigenvalue weighted by atomic mass is 35.5. The van der Waals surface area contributed by atoms with Crippen molar-refractivity contribution in [3.8, 4) is 5.75 Å². The van der Waals surface area contributed by atoms with Crippen molar-refractivity contribution in [1.29, 1.82) is 0 Å². The van der Waals surface area contributed by atoms with E-state index in [1.165, 1.54) is 13.2 Å². The van der Waals surface area contributed by atoms with Gasteiger partial charge in [0, 0.05) is 13.0 Å². The van der Waals surface area contributed by atoms with Crippen molar-refractivity contribution in [2.24, 2.45) is 4.99 Å². The number of methoxy groups -OCH3 is 1. The van der Waals surface area contributed by atoms with Gasteiger partial charge in [-0.05, 0) is 30.2 Å². The number of hydrogen-bond acceptors (Lipinski definition) is 7. The summed E-state index contributed by atoms with van der Waals surface area (Å²) < 4.78 is 6.51. The number of nitrogens with zero attached hydrogens (tertiary/aromatic N) is 5. The predicted octanol–water partition coefficient (Wildman–Crippen LogP) is 3.35. The van der Waals surface area contributed by atoms with Gasteiger partial charge < -0.3 is 14.4 Å². The molecule has 2 aromatic carbocycles. The summed E-state index contributed by atoms with van der Waals surface area (Å²) in [6, 6.07) is 14.4. The monoisotopic (exact) mass is 492 g/mol. The number of halogens is 1. The predicted molar refractivity (Wildman–Crippen MR) is 131 cm³/mol. The lowest BCUT2D eigenvalue weighted by molar-refractivity contribution is 0.0581. The number of rotatable bonds is 6. The fourth-order valence-electron chi connectivity index (χ4n) is 4.38. The Kier molecular flexibility index (Phi) is 5.94. The Morgan fingerprint density at radius 2 is 2.03 bits per heavy atom. The number of amides is 1. The van der Waals surface area contributed by atoms with Crippen LogP contribution in [0, 0.1) is 6.42 Å². The average Bonchev–Trinajstić information content (AvgIpc) is 3.44. The zero-order chi connectivity index (χ0) is 24.7. The Hall–Kier alpha value is -3.85. The number of aromatic nitrogens is 2. The minimum atomic E-state index is -0.662. The number of phenols is 1. The molecule has 9 nitrogen and oxygen atoms in total. The fourth-order valence-corrected chi connectivity index (χ4v) is 4.58. The summed E-state index contributed by atoms with van der Waals surface area (Å²) >= 11 is 6.09. The van der Waals surface area contributed by atoms with Crippen molar-refractivity contribution < 1.29 is 19.4 Å². The van der Waals surface area contributed by atoms with Crippen LogP contribution in [0.2, 0.25) is 5.02 Å². The number of benzene rings is 2. The number of phenolic OH excluding ortho intramolecular Hbond substituents is 1. The number of carbonyl (C=O) groups excluding carboxylic acids is 2. The van der Waals surface area contributed by atoms with Crippen LogP contribution in [-0.4, -0.2) is 63.6 Å². The van der Waals surface area contributed by atoms with E-state index in [0.717, 1.165) is 5.56 Å². The molecule has 5 rings (SSSR count). The van der Waals surface area contributed by atoms with Crippen LogP contribution < -0.4 is 4.90 Å². The maximum atomic E-state index is 13.6. The van der Waals surface area contributed by atoms with E-state index in [0.29, 0.717) is 30.4 Å². The zero-order valence-corrected chi connectivity index (χ0v) is 19.9. The highest BCUT2D eigenvalue weighted by Gasteiger charge is 2.44. The van der Waals surface area contributed by atoms with Gasteiger partial charge >= 0.3 is 5.97 Å². The van der Waals surface area contributed by atoms with E-state index in [-0.39, 0.29) is 40.8 Å². The number of aromatic hydroxyl groups is 1. The molecule has 2 aliphatic rings. The normalized spacial score (nSPS) is 16.7. The lowest BCUT2D eigenvalue weighted by Crippen LogP contribution is -2.50. The molecule has 1 atom stereocenters. The van der Waals surface area contributed by atoms with Crippen LogP contribution in [0.5, 0.6) is 5.75 Å². The van der Waals surface area contributed by atoms with Crippen LogP contribution >= 0.6 is 11.6 Å². The van der Waals surface area contributed by atoms with Crippen molar-refractivity contribution in [2.45, 2.75) is 19.5 Å². The largest absolute Gasteiger partial charge is 0.506 e. The molecule has 0 spiro atoms. The highest BCUT2D eigenvalue weighted by Crippen LogP contribution is 2.34. The van der Waals surface area contributed by atoms with Crippen molar-refractivity contribution in [3.05, 3.63) is 82.6 Å². The smallest absolute Gasteiger partial charge is 0.374 e. The number of esters is 1. The molecule has 3 aromatic rings. The van der Waals surface area contributed by atoms with Gasteiger partial charge in [0.15, 0.2) is 11.5 Å². The summed E-state index contributed by atoms with van der Waals surface area (Å²) in [7, 11) is 1.27. The van der Waals surface area contributed by atoms with Gasteiger partial charge in [-0.25, -0.2) is 14.8 Å². The first kappa shape index (κ1) is 22.9. The molecular weight excluding hydrogens is 470 g/mol. The molecular formula is C25H23ClN5O4. The Bertz CT molecular complexity index is 1340. The first-order valence-corrected chi connectivity index (χ1v) is 11.5. The molecule has 0 bridgehead atoms. The van der Waals surface area contributed by atoms with Gasteiger partial charge in [0.2, 0.25) is 11.8 Å². The van der Waals surface area contributed by atoms with Crippen molar-refractivity contribution in [1.82, 2.24) is 14.5 Å². The third-order valence-electron chi connectivity index (χ3n) is 6.01. The molecule has 3 heterocycles. The third-order valence-corrected chi connectivity index (χ3v) is 6.31. The third kappa shape index (κ3) is 4.01. The van der Waals surface area contributed by atoms with Crippen molar-refractivity contribution >= 4 is 35.3 Å². The molecule has 1 aromatic heterocycles. The molecule has 0 unspecified atom stereocenters. The molecule has 0 saturated carbocycles. The van der Waals surface area contributed by atoms with E-state index in [1.54, 1.807) is 21.6 Å². The summed E-state index contributed by atoms with van der Waals surface area (Å²) in [6.45, 7) is 2.88. The maximum Gasteiger partial charge on any atom is 0.374 e. The van der Waals surface area contributed by atoms with Gasteiger partial charge in [-0.2, -0.15) is 0 Å².